The molecule has 1 aliphatic rings. The zero-order valence-electron chi connectivity index (χ0n) is 10.9. The smallest absolute Gasteiger partial charge is 0.0721 e. The van der Waals surface area contributed by atoms with Crippen molar-refractivity contribution in [1.82, 2.24) is 0 Å². The van der Waals surface area contributed by atoms with Crippen LogP contribution in [0.15, 0.2) is 22.7 Å². The molecule has 2 atom stereocenters. The number of hydrogen-bond donors (Lipinski definition) is 1. The average Bonchev–Trinajstić information content (AvgIpc) is 2.29. The van der Waals surface area contributed by atoms with E-state index in [1.54, 1.807) is 0 Å². The predicted molar refractivity (Wildman–Crippen MR) is 76.4 cm³/mol. The van der Waals surface area contributed by atoms with Gasteiger partial charge in [-0.3, -0.25) is 0 Å². The van der Waals surface area contributed by atoms with Gasteiger partial charge >= 0.3 is 0 Å². The fraction of sp³-hybridized carbons (Fsp3) is 0.571. The standard InChI is InChI=1S/C14H20BrNO2/c1-9-5-12(6-10(2)18-9)17-8-11-3-4-13(15)14(16)7-11/h3-4,7,9-10,12H,5-6,8,16H2,1-2H3. The second-order valence-electron chi connectivity index (χ2n) is 5.02. The minimum Gasteiger partial charge on any atom is -0.398 e. The van der Waals surface area contributed by atoms with Gasteiger partial charge in [-0.2, -0.15) is 0 Å². The number of nitrogen functional groups attached to an aromatic ring is 1. The Labute approximate surface area is 117 Å². The van der Waals surface area contributed by atoms with E-state index >= 15 is 0 Å². The molecular formula is C14H20BrNO2. The molecule has 1 heterocycles. The molecule has 2 N–H and O–H groups in total. The third kappa shape index (κ3) is 3.70. The van der Waals surface area contributed by atoms with Crippen molar-refractivity contribution in [3.8, 4) is 0 Å². The first-order valence-corrected chi connectivity index (χ1v) is 7.15. The van der Waals surface area contributed by atoms with Gasteiger partial charge in [0.15, 0.2) is 0 Å². The maximum atomic E-state index is 5.95. The van der Waals surface area contributed by atoms with Crippen molar-refractivity contribution in [1.29, 1.82) is 0 Å². The van der Waals surface area contributed by atoms with Gasteiger partial charge < -0.3 is 15.2 Å². The van der Waals surface area contributed by atoms with Gasteiger partial charge in [0.05, 0.1) is 24.9 Å². The van der Waals surface area contributed by atoms with Crippen LogP contribution in [0.4, 0.5) is 5.69 Å². The fourth-order valence-corrected chi connectivity index (χ4v) is 2.62. The Morgan fingerprint density at radius 2 is 2.00 bits per heavy atom. The molecule has 1 saturated heterocycles. The van der Waals surface area contributed by atoms with E-state index in [4.69, 9.17) is 15.2 Å². The number of anilines is 1. The summed E-state index contributed by atoms with van der Waals surface area (Å²) in [6, 6.07) is 5.95. The number of benzene rings is 1. The Morgan fingerprint density at radius 1 is 1.33 bits per heavy atom. The summed E-state index contributed by atoms with van der Waals surface area (Å²) in [6.45, 7) is 4.81. The summed E-state index contributed by atoms with van der Waals surface area (Å²) in [6.07, 6.45) is 2.79. The Hall–Kier alpha value is -0.580. The molecule has 3 nitrogen and oxygen atoms in total. The summed E-state index contributed by atoms with van der Waals surface area (Å²) in [5, 5.41) is 0. The van der Waals surface area contributed by atoms with Crippen molar-refractivity contribution in [3.05, 3.63) is 28.2 Å². The Balaban J connectivity index is 1.89. The molecule has 100 valence electrons. The molecule has 0 amide bonds. The lowest BCUT2D eigenvalue weighted by atomic mass is 10.0. The fourth-order valence-electron chi connectivity index (χ4n) is 2.38. The monoisotopic (exact) mass is 313 g/mol. The largest absolute Gasteiger partial charge is 0.398 e. The molecule has 2 unspecified atom stereocenters. The maximum Gasteiger partial charge on any atom is 0.0721 e. The van der Waals surface area contributed by atoms with Crippen molar-refractivity contribution < 1.29 is 9.47 Å². The van der Waals surface area contributed by atoms with Crippen LogP contribution in [0.1, 0.15) is 32.3 Å². The van der Waals surface area contributed by atoms with Crippen molar-refractivity contribution in [2.24, 2.45) is 0 Å². The summed E-state index contributed by atoms with van der Waals surface area (Å²) >= 11 is 3.39. The van der Waals surface area contributed by atoms with E-state index in [0.717, 1.165) is 28.6 Å². The van der Waals surface area contributed by atoms with Crippen LogP contribution in [0.2, 0.25) is 0 Å². The Morgan fingerprint density at radius 3 is 2.61 bits per heavy atom. The SMILES string of the molecule is CC1CC(OCc2ccc(Br)c(N)c2)CC(C)O1. The van der Waals surface area contributed by atoms with E-state index in [1.165, 1.54) is 0 Å². The van der Waals surface area contributed by atoms with Crippen LogP contribution in [0.5, 0.6) is 0 Å². The van der Waals surface area contributed by atoms with Crippen molar-refractivity contribution >= 4 is 21.6 Å². The van der Waals surface area contributed by atoms with Crippen LogP contribution in [-0.4, -0.2) is 18.3 Å². The number of hydrogen-bond acceptors (Lipinski definition) is 3. The van der Waals surface area contributed by atoms with E-state index in [2.05, 4.69) is 29.8 Å². The summed E-state index contributed by atoms with van der Waals surface area (Å²) in [7, 11) is 0. The molecule has 0 spiro atoms. The highest BCUT2D eigenvalue weighted by molar-refractivity contribution is 9.10. The molecule has 1 aromatic rings. The van der Waals surface area contributed by atoms with Crippen molar-refractivity contribution in [3.63, 3.8) is 0 Å². The lowest BCUT2D eigenvalue weighted by Crippen LogP contribution is -2.33. The van der Waals surface area contributed by atoms with E-state index in [9.17, 15) is 0 Å². The molecule has 0 aliphatic carbocycles. The van der Waals surface area contributed by atoms with Crippen molar-refractivity contribution in [2.75, 3.05) is 5.73 Å². The minimum absolute atomic E-state index is 0.286. The van der Waals surface area contributed by atoms with Gasteiger partial charge in [0.2, 0.25) is 0 Å². The maximum absolute atomic E-state index is 5.95. The first-order chi connectivity index (χ1) is 8.54. The molecule has 0 saturated carbocycles. The summed E-state index contributed by atoms with van der Waals surface area (Å²) in [5.74, 6) is 0. The van der Waals surface area contributed by atoms with Gasteiger partial charge in [0.25, 0.3) is 0 Å². The lowest BCUT2D eigenvalue weighted by molar-refractivity contribution is -0.106. The molecule has 0 aromatic heterocycles. The highest BCUT2D eigenvalue weighted by Gasteiger charge is 2.24. The Kier molecular flexibility index (Phi) is 4.65. The van der Waals surface area contributed by atoms with Crippen LogP contribution in [0.25, 0.3) is 0 Å². The van der Waals surface area contributed by atoms with Crippen LogP contribution >= 0.6 is 15.9 Å². The van der Waals surface area contributed by atoms with Gasteiger partial charge in [0.1, 0.15) is 0 Å². The normalized spacial score (nSPS) is 28.3. The topological polar surface area (TPSA) is 44.5 Å². The van der Waals surface area contributed by atoms with Crippen LogP contribution < -0.4 is 5.73 Å². The average molecular weight is 314 g/mol. The predicted octanol–water partition coefficient (Wildman–Crippen LogP) is 3.50. The van der Waals surface area contributed by atoms with Crippen LogP contribution in [0, 0.1) is 0 Å². The third-order valence-electron chi connectivity index (χ3n) is 3.20. The van der Waals surface area contributed by atoms with Gasteiger partial charge in [0, 0.05) is 10.2 Å². The first kappa shape index (κ1) is 13.8. The quantitative estimate of drug-likeness (QED) is 0.869. The lowest BCUT2D eigenvalue weighted by Gasteiger charge is -2.32. The third-order valence-corrected chi connectivity index (χ3v) is 3.92. The highest BCUT2D eigenvalue weighted by Crippen LogP contribution is 2.24. The zero-order chi connectivity index (χ0) is 13.1. The zero-order valence-corrected chi connectivity index (χ0v) is 12.4. The second-order valence-corrected chi connectivity index (χ2v) is 5.87. The minimum atomic E-state index is 0.286. The number of ether oxygens (including phenoxy) is 2. The molecule has 4 heteroatoms. The number of nitrogens with two attached hydrogens (primary N) is 1. The van der Waals surface area contributed by atoms with Crippen molar-refractivity contribution in [2.45, 2.75) is 51.6 Å². The van der Waals surface area contributed by atoms with E-state index in [-0.39, 0.29) is 18.3 Å². The second kappa shape index (κ2) is 6.04. The van der Waals surface area contributed by atoms with E-state index < -0.39 is 0 Å². The molecule has 18 heavy (non-hydrogen) atoms. The van der Waals surface area contributed by atoms with Gasteiger partial charge in [-0.15, -0.1) is 0 Å². The highest BCUT2D eigenvalue weighted by atomic mass is 79.9. The molecule has 1 aliphatic heterocycles. The molecule has 2 rings (SSSR count). The summed E-state index contributed by atoms with van der Waals surface area (Å²) in [4.78, 5) is 0. The molecule has 0 radical (unpaired) electrons. The first-order valence-electron chi connectivity index (χ1n) is 6.35. The Bertz CT molecular complexity index is 401. The molecule has 1 aromatic carbocycles. The molecule has 1 fully saturated rings. The number of rotatable bonds is 3. The molecule has 0 bridgehead atoms. The molecular weight excluding hydrogens is 294 g/mol. The van der Waals surface area contributed by atoms with Crippen LogP contribution in [0.3, 0.4) is 0 Å². The van der Waals surface area contributed by atoms with E-state index in [1.807, 2.05) is 18.2 Å². The van der Waals surface area contributed by atoms with Gasteiger partial charge in [-0.25, -0.2) is 0 Å². The summed E-state index contributed by atoms with van der Waals surface area (Å²) < 4.78 is 12.6. The number of halogens is 1. The van der Waals surface area contributed by atoms with Gasteiger partial charge in [-0.1, -0.05) is 6.07 Å². The van der Waals surface area contributed by atoms with Gasteiger partial charge in [-0.05, 0) is 60.3 Å². The summed E-state index contributed by atoms with van der Waals surface area (Å²) in [5.41, 5.74) is 7.72. The van der Waals surface area contributed by atoms with E-state index in [0.29, 0.717) is 6.61 Å². The van der Waals surface area contributed by atoms with Crippen LogP contribution in [-0.2, 0) is 16.1 Å².